The average Bonchev–Trinajstić information content (AvgIpc) is 2.89. The van der Waals surface area contributed by atoms with E-state index in [9.17, 15) is 5.11 Å². The van der Waals surface area contributed by atoms with Gasteiger partial charge in [0.2, 0.25) is 0 Å². The van der Waals surface area contributed by atoms with Crippen LogP contribution in [0.25, 0.3) is 0 Å². The summed E-state index contributed by atoms with van der Waals surface area (Å²) in [5.41, 5.74) is 2.34. The van der Waals surface area contributed by atoms with Crippen LogP contribution < -0.4 is 0 Å². The smallest absolute Gasteiger partial charge is 0.0992 e. The average molecular weight is 218 g/mol. The van der Waals surface area contributed by atoms with Crippen molar-refractivity contribution in [2.75, 3.05) is 6.61 Å². The second-order valence-electron chi connectivity index (χ2n) is 4.84. The summed E-state index contributed by atoms with van der Waals surface area (Å²) >= 11 is 0. The van der Waals surface area contributed by atoms with E-state index in [-0.39, 0.29) is 5.41 Å². The zero-order chi connectivity index (χ0) is 11.6. The highest BCUT2D eigenvalue weighted by atomic mass is 16.5. The summed E-state index contributed by atoms with van der Waals surface area (Å²) in [5, 5.41) is 9.81. The van der Waals surface area contributed by atoms with Gasteiger partial charge in [-0.25, -0.2) is 0 Å². The van der Waals surface area contributed by atoms with Crippen molar-refractivity contribution in [1.29, 1.82) is 0 Å². The van der Waals surface area contributed by atoms with Crippen LogP contribution in [-0.2, 0) is 11.3 Å². The second kappa shape index (κ2) is 4.40. The molecular formula is C14H18O2. The molecule has 0 aliphatic heterocycles. The molecule has 86 valence electrons. The Balaban J connectivity index is 1.71. The molecule has 0 radical (unpaired) electrons. The molecule has 2 heteroatoms. The molecule has 1 aliphatic rings. The van der Waals surface area contributed by atoms with Crippen molar-refractivity contribution in [2.24, 2.45) is 5.41 Å². The largest absolute Gasteiger partial charge is 0.386 e. The normalized spacial score (nSPS) is 19.1. The SMILES string of the molecule is CC1(C)C=C1C(O)COCc1ccccc1. The lowest BCUT2D eigenvalue weighted by Crippen LogP contribution is -2.17. The maximum Gasteiger partial charge on any atom is 0.0992 e. The Bertz CT molecular complexity index is 379. The zero-order valence-corrected chi connectivity index (χ0v) is 9.81. The fourth-order valence-electron chi connectivity index (χ4n) is 1.83. The molecule has 0 saturated carbocycles. The molecule has 0 amide bonds. The molecule has 0 fully saturated rings. The monoisotopic (exact) mass is 218 g/mol. The molecule has 2 rings (SSSR count). The van der Waals surface area contributed by atoms with Crippen molar-refractivity contribution in [3.63, 3.8) is 0 Å². The van der Waals surface area contributed by atoms with Crippen molar-refractivity contribution >= 4 is 0 Å². The van der Waals surface area contributed by atoms with Crippen molar-refractivity contribution in [1.82, 2.24) is 0 Å². The van der Waals surface area contributed by atoms with E-state index in [0.29, 0.717) is 13.2 Å². The van der Waals surface area contributed by atoms with E-state index in [1.807, 2.05) is 30.3 Å². The third-order valence-corrected chi connectivity index (χ3v) is 2.92. The van der Waals surface area contributed by atoms with E-state index < -0.39 is 6.10 Å². The van der Waals surface area contributed by atoms with Gasteiger partial charge in [-0.1, -0.05) is 50.3 Å². The Hall–Kier alpha value is -1.12. The van der Waals surface area contributed by atoms with Gasteiger partial charge in [-0.3, -0.25) is 0 Å². The van der Waals surface area contributed by atoms with Crippen molar-refractivity contribution in [2.45, 2.75) is 26.6 Å². The minimum absolute atomic E-state index is 0.107. The molecule has 0 aromatic heterocycles. The Morgan fingerprint density at radius 3 is 2.44 bits per heavy atom. The molecule has 16 heavy (non-hydrogen) atoms. The van der Waals surface area contributed by atoms with Gasteiger partial charge in [0.15, 0.2) is 0 Å². The van der Waals surface area contributed by atoms with Gasteiger partial charge in [-0.05, 0) is 11.1 Å². The summed E-state index contributed by atoms with van der Waals surface area (Å²) < 4.78 is 5.49. The minimum atomic E-state index is -0.446. The number of ether oxygens (including phenoxy) is 1. The standard InChI is InChI=1S/C14H18O2/c1-14(2)8-12(14)13(15)10-16-9-11-6-4-3-5-7-11/h3-8,13,15H,9-10H2,1-2H3. The fraction of sp³-hybridized carbons (Fsp3) is 0.429. The fourth-order valence-corrected chi connectivity index (χ4v) is 1.83. The van der Waals surface area contributed by atoms with E-state index in [4.69, 9.17) is 4.74 Å². The maximum absolute atomic E-state index is 9.81. The predicted octanol–water partition coefficient (Wildman–Crippen LogP) is 2.53. The van der Waals surface area contributed by atoms with E-state index in [1.54, 1.807) is 0 Å². The molecule has 1 unspecified atom stereocenters. The maximum atomic E-state index is 9.81. The van der Waals surface area contributed by atoms with Crippen LogP contribution in [0.4, 0.5) is 0 Å². The second-order valence-corrected chi connectivity index (χ2v) is 4.84. The topological polar surface area (TPSA) is 29.5 Å². The van der Waals surface area contributed by atoms with E-state index in [1.165, 1.54) is 0 Å². The first-order valence-corrected chi connectivity index (χ1v) is 5.62. The lowest BCUT2D eigenvalue weighted by molar-refractivity contribution is 0.0443. The molecule has 1 N–H and O–H groups in total. The van der Waals surface area contributed by atoms with E-state index in [2.05, 4.69) is 19.9 Å². The van der Waals surface area contributed by atoms with Crippen LogP contribution in [0.1, 0.15) is 19.4 Å². The Morgan fingerprint density at radius 2 is 1.88 bits per heavy atom. The summed E-state index contributed by atoms with van der Waals surface area (Å²) in [4.78, 5) is 0. The molecule has 1 atom stereocenters. The predicted molar refractivity (Wildman–Crippen MR) is 64.0 cm³/mol. The number of hydrogen-bond acceptors (Lipinski definition) is 2. The number of allylic oxidation sites excluding steroid dienone is 1. The summed E-state index contributed by atoms with van der Waals surface area (Å²) in [5.74, 6) is 0. The molecule has 1 aromatic carbocycles. The molecule has 1 aromatic rings. The summed E-state index contributed by atoms with van der Waals surface area (Å²) in [7, 11) is 0. The van der Waals surface area contributed by atoms with Crippen LogP contribution in [0, 0.1) is 5.41 Å². The first kappa shape index (κ1) is 11.4. The lowest BCUT2D eigenvalue weighted by atomic mass is 10.0. The Morgan fingerprint density at radius 1 is 1.25 bits per heavy atom. The van der Waals surface area contributed by atoms with Crippen LogP contribution in [0.2, 0.25) is 0 Å². The molecule has 0 saturated heterocycles. The van der Waals surface area contributed by atoms with Gasteiger partial charge in [-0.15, -0.1) is 0 Å². The van der Waals surface area contributed by atoms with Crippen molar-refractivity contribution < 1.29 is 9.84 Å². The third kappa shape index (κ3) is 2.71. The number of aliphatic hydroxyl groups is 1. The number of benzene rings is 1. The third-order valence-electron chi connectivity index (χ3n) is 2.92. The first-order valence-electron chi connectivity index (χ1n) is 5.62. The van der Waals surface area contributed by atoms with Gasteiger partial charge < -0.3 is 9.84 Å². The molecule has 0 heterocycles. The highest BCUT2D eigenvalue weighted by Gasteiger charge is 2.38. The van der Waals surface area contributed by atoms with E-state index in [0.717, 1.165) is 11.1 Å². The summed E-state index contributed by atoms with van der Waals surface area (Å²) in [6.45, 7) is 5.14. The Labute approximate surface area is 96.6 Å². The lowest BCUT2D eigenvalue weighted by Gasteiger charge is -2.12. The number of aliphatic hydroxyl groups excluding tert-OH is 1. The molecule has 0 spiro atoms. The van der Waals surface area contributed by atoms with Crippen LogP contribution in [0.3, 0.4) is 0 Å². The van der Waals surface area contributed by atoms with Gasteiger partial charge in [0.25, 0.3) is 0 Å². The van der Waals surface area contributed by atoms with Crippen LogP contribution in [0.5, 0.6) is 0 Å². The number of hydrogen-bond donors (Lipinski definition) is 1. The highest BCUT2D eigenvalue weighted by molar-refractivity contribution is 5.39. The highest BCUT2D eigenvalue weighted by Crippen LogP contribution is 2.44. The van der Waals surface area contributed by atoms with Crippen LogP contribution in [-0.4, -0.2) is 17.8 Å². The van der Waals surface area contributed by atoms with Gasteiger partial charge in [0.05, 0.1) is 19.3 Å². The minimum Gasteiger partial charge on any atom is -0.386 e. The number of rotatable bonds is 5. The van der Waals surface area contributed by atoms with Gasteiger partial charge in [-0.2, -0.15) is 0 Å². The van der Waals surface area contributed by atoms with Crippen molar-refractivity contribution in [3.05, 3.63) is 47.5 Å². The van der Waals surface area contributed by atoms with Crippen molar-refractivity contribution in [3.8, 4) is 0 Å². The molecule has 0 bridgehead atoms. The quantitative estimate of drug-likeness (QED) is 0.769. The molecule has 1 aliphatic carbocycles. The van der Waals surface area contributed by atoms with Crippen LogP contribution in [0.15, 0.2) is 42.0 Å². The van der Waals surface area contributed by atoms with Gasteiger partial charge in [0.1, 0.15) is 0 Å². The van der Waals surface area contributed by atoms with E-state index >= 15 is 0 Å². The molecule has 2 nitrogen and oxygen atoms in total. The summed E-state index contributed by atoms with van der Waals surface area (Å²) in [6.07, 6.45) is 1.64. The van der Waals surface area contributed by atoms with Gasteiger partial charge in [0, 0.05) is 5.41 Å². The zero-order valence-electron chi connectivity index (χ0n) is 9.81. The van der Waals surface area contributed by atoms with Crippen LogP contribution >= 0.6 is 0 Å². The van der Waals surface area contributed by atoms with Gasteiger partial charge >= 0.3 is 0 Å². The molecular weight excluding hydrogens is 200 g/mol. The first-order chi connectivity index (χ1) is 7.59. The summed E-state index contributed by atoms with van der Waals surface area (Å²) in [6, 6.07) is 10.00. The Kier molecular flexibility index (Phi) is 3.13.